The number of halogens is 1. The molecule has 8 heteroatoms. The zero-order valence-corrected chi connectivity index (χ0v) is 13.3. The second kappa shape index (κ2) is 6.65. The van der Waals surface area contributed by atoms with Gasteiger partial charge in [0.1, 0.15) is 4.21 Å². The van der Waals surface area contributed by atoms with Crippen LogP contribution in [0.1, 0.15) is 18.9 Å². The van der Waals surface area contributed by atoms with Crippen molar-refractivity contribution in [2.24, 2.45) is 0 Å². The molecular weight excluding hydrogens is 340 g/mol. The third-order valence-electron chi connectivity index (χ3n) is 2.09. The van der Waals surface area contributed by atoms with Crippen molar-refractivity contribution in [3.8, 4) is 0 Å². The highest BCUT2D eigenvalue weighted by Crippen LogP contribution is 2.30. The lowest BCUT2D eigenvalue weighted by atomic mass is 10.4. The maximum Gasteiger partial charge on any atom is 0.250 e. The molecule has 1 amide bonds. The average Bonchev–Trinajstić information content (AvgIpc) is 2.65. The van der Waals surface area contributed by atoms with Crippen molar-refractivity contribution in [3.63, 3.8) is 0 Å². The van der Waals surface area contributed by atoms with E-state index in [1.807, 2.05) is 13.8 Å². The molecule has 0 aliphatic heterocycles. The first-order valence-corrected chi connectivity index (χ1v) is 8.48. The minimum absolute atomic E-state index is 0.204. The summed E-state index contributed by atoms with van der Waals surface area (Å²) in [7, 11) is -3.60. The number of sulfonamides is 1. The lowest BCUT2D eigenvalue weighted by Gasteiger charge is -2.05. The van der Waals surface area contributed by atoms with E-state index in [4.69, 9.17) is 0 Å². The van der Waals surface area contributed by atoms with Gasteiger partial charge in [0.05, 0.1) is 10.3 Å². The van der Waals surface area contributed by atoms with Gasteiger partial charge in [0.2, 0.25) is 5.91 Å². The van der Waals surface area contributed by atoms with Gasteiger partial charge in [-0.25, -0.2) is 13.1 Å². The highest BCUT2D eigenvalue weighted by atomic mass is 79.9. The van der Waals surface area contributed by atoms with Crippen LogP contribution in [0.2, 0.25) is 0 Å². The Morgan fingerprint density at radius 3 is 2.67 bits per heavy atom. The number of amides is 1. The summed E-state index contributed by atoms with van der Waals surface area (Å²) in [5.41, 5.74) is 0.857. The number of carbonyl (C=O) groups excluding carboxylic acids is 1. The molecule has 0 radical (unpaired) electrons. The summed E-state index contributed by atoms with van der Waals surface area (Å²) >= 11 is 4.40. The van der Waals surface area contributed by atoms with Crippen molar-refractivity contribution in [3.05, 3.63) is 15.4 Å². The van der Waals surface area contributed by atoms with E-state index in [9.17, 15) is 13.2 Å². The second-order valence-electron chi connectivity index (χ2n) is 3.70. The first-order chi connectivity index (χ1) is 8.36. The summed E-state index contributed by atoms with van der Waals surface area (Å²) < 4.78 is 27.0. The maximum atomic E-state index is 11.9. The summed E-state index contributed by atoms with van der Waals surface area (Å²) in [4.78, 5) is 11.3. The molecule has 0 bridgehead atoms. The van der Waals surface area contributed by atoms with Crippen LogP contribution in [0, 0.1) is 6.92 Å². The fraction of sp³-hybridized carbons (Fsp3) is 0.500. The lowest BCUT2D eigenvalue weighted by molar-refractivity contribution is -0.119. The molecule has 0 aliphatic rings. The van der Waals surface area contributed by atoms with Crippen LogP contribution in [0.15, 0.2) is 14.1 Å². The van der Waals surface area contributed by atoms with Crippen molar-refractivity contribution in [1.82, 2.24) is 10.0 Å². The van der Waals surface area contributed by atoms with Gasteiger partial charge < -0.3 is 5.32 Å². The number of hydrogen-bond donors (Lipinski definition) is 2. The van der Waals surface area contributed by atoms with E-state index in [2.05, 4.69) is 26.0 Å². The Morgan fingerprint density at radius 2 is 2.17 bits per heavy atom. The molecule has 0 atom stereocenters. The number of thiophene rings is 1. The monoisotopic (exact) mass is 354 g/mol. The number of rotatable bonds is 6. The van der Waals surface area contributed by atoms with Crippen LogP contribution >= 0.6 is 27.3 Å². The second-order valence-corrected chi connectivity index (χ2v) is 8.06. The van der Waals surface area contributed by atoms with Crippen LogP contribution in [0.25, 0.3) is 0 Å². The van der Waals surface area contributed by atoms with Gasteiger partial charge in [-0.1, -0.05) is 6.92 Å². The van der Waals surface area contributed by atoms with Crippen LogP contribution < -0.4 is 10.0 Å². The Morgan fingerprint density at radius 1 is 1.50 bits per heavy atom. The van der Waals surface area contributed by atoms with Gasteiger partial charge >= 0.3 is 0 Å². The maximum absolute atomic E-state index is 11.9. The van der Waals surface area contributed by atoms with Crippen molar-refractivity contribution >= 4 is 43.2 Å². The molecule has 102 valence electrons. The van der Waals surface area contributed by atoms with Crippen LogP contribution in [-0.2, 0) is 14.8 Å². The molecule has 0 saturated carbocycles. The molecule has 0 fully saturated rings. The lowest BCUT2D eigenvalue weighted by Crippen LogP contribution is -2.36. The quantitative estimate of drug-likeness (QED) is 0.814. The minimum Gasteiger partial charge on any atom is -0.355 e. The Hall–Kier alpha value is -0.440. The van der Waals surface area contributed by atoms with E-state index in [1.165, 1.54) is 0 Å². The Kier molecular flexibility index (Phi) is 5.77. The SMILES string of the molecule is CCCNC(=O)CNS(=O)(=O)c1cc(C)c(Br)s1. The molecule has 0 aliphatic carbocycles. The molecule has 1 aromatic heterocycles. The summed E-state index contributed by atoms with van der Waals surface area (Å²) in [5.74, 6) is -0.326. The third kappa shape index (κ3) is 4.34. The van der Waals surface area contributed by atoms with Gasteiger partial charge in [0.25, 0.3) is 10.0 Å². The van der Waals surface area contributed by atoms with Crippen molar-refractivity contribution in [2.45, 2.75) is 24.5 Å². The summed E-state index contributed by atoms with van der Waals surface area (Å²) in [6, 6.07) is 1.57. The van der Waals surface area contributed by atoms with E-state index in [1.54, 1.807) is 6.07 Å². The van der Waals surface area contributed by atoms with Gasteiger partial charge in [-0.05, 0) is 40.9 Å². The molecule has 2 N–H and O–H groups in total. The highest BCUT2D eigenvalue weighted by molar-refractivity contribution is 9.11. The Labute approximate surface area is 119 Å². The normalized spacial score (nSPS) is 11.5. The Balaban J connectivity index is 2.63. The van der Waals surface area contributed by atoms with E-state index < -0.39 is 10.0 Å². The van der Waals surface area contributed by atoms with Crippen molar-refractivity contribution < 1.29 is 13.2 Å². The molecule has 0 saturated heterocycles. The highest BCUT2D eigenvalue weighted by Gasteiger charge is 2.18. The molecule has 5 nitrogen and oxygen atoms in total. The van der Waals surface area contributed by atoms with E-state index >= 15 is 0 Å². The first kappa shape index (κ1) is 15.6. The van der Waals surface area contributed by atoms with Crippen LogP contribution in [-0.4, -0.2) is 27.4 Å². The van der Waals surface area contributed by atoms with Gasteiger partial charge in [-0.15, -0.1) is 11.3 Å². The predicted molar refractivity (Wildman–Crippen MR) is 75.2 cm³/mol. The largest absolute Gasteiger partial charge is 0.355 e. The molecule has 1 heterocycles. The molecule has 0 aromatic carbocycles. The fourth-order valence-corrected chi connectivity index (χ4v) is 4.38. The van der Waals surface area contributed by atoms with Crippen LogP contribution in [0.5, 0.6) is 0 Å². The zero-order chi connectivity index (χ0) is 13.8. The minimum atomic E-state index is -3.60. The average molecular weight is 355 g/mol. The van der Waals surface area contributed by atoms with Crippen molar-refractivity contribution in [2.75, 3.05) is 13.1 Å². The third-order valence-corrected chi connectivity index (χ3v) is 6.11. The molecule has 18 heavy (non-hydrogen) atoms. The number of nitrogens with one attached hydrogen (secondary N) is 2. The van der Waals surface area contributed by atoms with Gasteiger partial charge in [0.15, 0.2) is 0 Å². The summed E-state index contributed by atoms with van der Waals surface area (Å²) in [5, 5.41) is 2.60. The van der Waals surface area contributed by atoms with Crippen molar-refractivity contribution in [1.29, 1.82) is 0 Å². The number of hydrogen-bond acceptors (Lipinski definition) is 4. The topological polar surface area (TPSA) is 75.3 Å². The number of aryl methyl sites for hydroxylation is 1. The molecule has 0 spiro atoms. The van der Waals surface area contributed by atoms with Crippen LogP contribution in [0.3, 0.4) is 0 Å². The Bertz CT molecular complexity index is 506. The van der Waals surface area contributed by atoms with E-state index in [-0.39, 0.29) is 16.7 Å². The molecule has 1 aromatic rings. The fourth-order valence-electron chi connectivity index (χ4n) is 1.12. The van der Waals surface area contributed by atoms with Gasteiger partial charge in [0, 0.05) is 6.54 Å². The van der Waals surface area contributed by atoms with Crippen LogP contribution in [0.4, 0.5) is 0 Å². The van der Waals surface area contributed by atoms with E-state index in [0.29, 0.717) is 6.54 Å². The smallest absolute Gasteiger partial charge is 0.250 e. The number of carbonyl (C=O) groups is 1. The van der Waals surface area contributed by atoms with Gasteiger partial charge in [-0.2, -0.15) is 0 Å². The molecule has 0 unspecified atom stereocenters. The summed E-state index contributed by atoms with van der Waals surface area (Å²) in [6.07, 6.45) is 0.815. The predicted octanol–water partition coefficient (Wildman–Crippen LogP) is 1.62. The standard InChI is InChI=1S/C10H15BrN2O3S2/c1-3-4-12-8(14)6-13-18(15,16)9-5-7(2)10(11)17-9/h5,13H,3-4,6H2,1-2H3,(H,12,14). The van der Waals surface area contributed by atoms with E-state index in [0.717, 1.165) is 27.1 Å². The molecule has 1 rings (SSSR count). The summed E-state index contributed by atoms with van der Waals surface area (Å²) in [6.45, 7) is 4.05. The zero-order valence-electron chi connectivity index (χ0n) is 10.1. The molecular formula is C10H15BrN2O3S2. The first-order valence-electron chi connectivity index (χ1n) is 5.39. The van der Waals surface area contributed by atoms with Gasteiger partial charge in [-0.3, -0.25) is 4.79 Å².